The van der Waals surface area contributed by atoms with E-state index >= 15 is 0 Å². The van der Waals surface area contributed by atoms with Crippen LogP contribution >= 0.6 is 0 Å². The molecular formula is C50H33N3O. The molecular weight excluding hydrogens is 659 g/mol. The van der Waals surface area contributed by atoms with Gasteiger partial charge < -0.3 is 9.32 Å². The van der Waals surface area contributed by atoms with Crippen molar-refractivity contribution in [1.82, 2.24) is 9.97 Å². The predicted octanol–water partition coefficient (Wildman–Crippen LogP) is 13.7. The zero-order valence-corrected chi connectivity index (χ0v) is 29.3. The van der Waals surface area contributed by atoms with Crippen molar-refractivity contribution >= 4 is 49.9 Å². The molecule has 0 aliphatic carbocycles. The minimum Gasteiger partial charge on any atom is -0.456 e. The van der Waals surface area contributed by atoms with Crippen molar-refractivity contribution in [2.24, 2.45) is 0 Å². The first-order valence-electron chi connectivity index (χ1n) is 18.2. The molecule has 4 heteroatoms. The number of anilines is 3. The van der Waals surface area contributed by atoms with Crippen LogP contribution in [0.2, 0.25) is 0 Å². The maximum Gasteiger partial charge on any atom is 0.161 e. The summed E-state index contributed by atoms with van der Waals surface area (Å²) >= 11 is 0. The molecule has 0 fully saturated rings. The quantitative estimate of drug-likeness (QED) is 0.167. The topological polar surface area (TPSA) is 42.2 Å². The summed E-state index contributed by atoms with van der Waals surface area (Å²) < 4.78 is 6.66. The Kier molecular flexibility index (Phi) is 7.77. The van der Waals surface area contributed by atoms with E-state index in [4.69, 9.17) is 14.4 Å². The molecule has 0 bridgehead atoms. The number of furan rings is 1. The van der Waals surface area contributed by atoms with Crippen LogP contribution in [0.3, 0.4) is 0 Å². The van der Waals surface area contributed by atoms with Crippen LogP contribution in [0.15, 0.2) is 205 Å². The van der Waals surface area contributed by atoms with Gasteiger partial charge in [0.2, 0.25) is 0 Å². The standard InChI is InChI=1S/C50H33N3O/c1-4-15-34(16-5-1)36-19-12-21-38(31-36)49-42-25-10-11-27-45(42)51-50(52-49)44-26-14-28-46-48(44)43-30-29-41(33-47(43)54-46)53(39-22-8-3-9-23-39)40-24-13-20-37(32-40)35-17-6-2-7-18-35/h1-33H. The van der Waals surface area contributed by atoms with Gasteiger partial charge in [0.1, 0.15) is 11.2 Å². The van der Waals surface area contributed by atoms with Crippen LogP contribution in [0.5, 0.6) is 0 Å². The summed E-state index contributed by atoms with van der Waals surface area (Å²) in [7, 11) is 0. The van der Waals surface area contributed by atoms with Crippen molar-refractivity contribution in [3.8, 4) is 44.9 Å². The van der Waals surface area contributed by atoms with Crippen molar-refractivity contribution in [3.05, 3.63) is 200 Å². The fourth-order valence-electron chi connectivity index (χ4n) is 7.51. The fourth-order valence-corrected chi connectivity index (χ4v) is 7.51. The molecule has 10 aromatic rings. The summed E-state index contributed by atoms with van der Waals surface area (Å²) in [6.45, 7) is 0. The Morgan fingerprint density at radius 3 is 1.74 bits per heavy atom. The normalized spacial score (nSPS) is 11.3. The Morgan fingerprint density at radius 2 is 0.963 bits per heavy atom. The Morgan fingerprint density at radius 1 is 0.370 bits per heavy atom. The third-order valence-electron chi connectivity index (χ3n) is 10.1. The lowest BCUT2D eigenvalue weighted by Gasteiger charge is -2.26. The molecule has 0 aliphatic rings. The lowest BCUT2D eigenvalue weighted by Crippen LogP contribution is -2.09. The molecule has 8 aromatic carbocycles. The summed E-state index contributed by atoms with van der Waals surface area (Å²) in [6.07, 6.45) is 0. The zero-order chi connectivity index (χ0) is 35.8. The number of fused-ring (bicyclic) bond motifs is 4. The maximum absolute atomic E-state index is 6.66. The molecule has 4 nitrogen and oxygen atoms in total. The molecule has 0 N–H and O–H groups in total. The Hall–Kier alpha value is -7.30. The van der Waals surface area contributed by atoms with E-state index in [0.29, 0.717) is 5.82 Å². The summed E-state index contributed by atoms with van der Waals surface area (Å²) in [5.41, 5.74) is 13.1. The first-order chi connectivity index (χ1) is 26.8. The summed E-state index contributed by atoms with van der Waals surface area (Å²) in [5.74, 6) is 0.662. The van der Waals surface area contributed by atoms with E-state index in [1.165, 1.54) is 11.1 Å². The second-order valence-corrected chi connectivity index (χ2v) is 13.4. The maximum atomic E-state index is 6.66. The molecule has 254 valence electrons. The van der Waals surface area contributed by atoms with Crippen LogP contribution in [0.1, 0.15) is 0 Å². The van der Waals surface area contributed by atoms with Gasteiger partial charge in [0.05, 0.1) is 11.2 Å². The van der Waals surface area contributed by atoms with Gasteiger partial charge in [-0.1, -0.05) is 140 Å². The smallest absolute Gasteiger partial charge is 0.161 e. The number of aromatic nitrogens is 2. The van der Waals surface area contributed by atoms with E-state index in [-0.39, 0.29) is 0 Å². The largest absolute Gasteiger partial charge is 0.456 e. The van der Waals surface area contributed by atoms with Crippen LogP contribution in [0.25, 0.3) is 77.7 Å². The lowest BCUT2D eigenvalue weighted by atomic mass is 9.99. The van der Waals surface area contributed by atoms with Gasteiger partial charge in [0.15, 0.2) is 5.82 Å². The van der Waals surface area contributed by atoms with E-state index in [9.17, 15) is 0 Å². The second-order valence-electron chi connectivity index (χ2n) is 13.4. The van der Waals surface area contributed by atoms with E-state index < -0.39 is 0 Å². The molecule has 0 saturated carbocycles. The van der Waals surface area contributed by atoms with Crippen molar-refractivity contribution in [1.29, 1.82) is 0 Å². The van der Waals surface area contributed by atoms with Crippen molar-refractivity contribution in [2.45, 2.75) is 0 Å². The molecule has 2 heterocycles. The zero-order valence-electron chi connectivity index (χ0n) is 29.3. The number of para-hydroxylation sites is 2. The highest BCUT2D eigenvalue weighted by Crippen LogP contribution is 2.42. The number of rotatable bonds is 7. The minimum absolute atomic E-state index is 0.662. The Balaban J connectivity index is 1.11. The van der Waals surface area contributed by atoms with Crippen LogP contribution in [0, 0.1) is 0 Å². The molecule has 0 radical (unpaired) electrons. The van der Waals surface area contributed by atoms with E-state index in [2.05, 4.69) is 169 Å². The Labute approximate surface area is 313 Å². The number of nitrogens with zero attached hydrogens (tertiary/aromatic N) is 3. The third kappa shape index (κ3) is 5.67. The number of hydrogen-bond acceptors (Lipinski definition) is 4. The molecule has 0 amide bonds. The SMILES string of the molecule is c1ccc(-c2cccc(-c3nc(-c4cccc5oc6cc(N(c7ccccc7)c7cccc(-c8ccccc8)c7)ccc6c45)nc4ccccc34)c2)cc1. The number of hydrogen-bond donors (Lipinski definition) is 0. The highest BCUT2D eigenvalue weighted by Gasteiger charge is 2.20. The third-order valence-corrected chi connectivity index (χ3v) is 10.1. The molecule has 10 rings (SSSR count). The van der Waals surface area contributed by atoms with Gasteiger partial charge >= 0.3 is 0 Å². The molecule has 0 spiro atoms. The van der Waals surface area contributed by atoms with Gasteiger partial charge in [-0.05, 0) is 76.9 Å². The van der Waals surface area contributed by atoms with Gasteiger partial charge in [-0.2, -0.15) is 0 Å². The highest BCUT2D eigenvalue weighted by atomic mass is 16.3. The first-order valence-corrected chi connectivity index (χ1v) is 18.2. The lowest BCUT2D eigenvalue weighted by molar-refractivity contribution is 0.669. The van der Waals surface area contributed by atoms with Crippen LogP contribution < -0.4 is 4.90 Å². The summed E-state index contributed by atoms with van der Waals surface area (Å²) in [4.78, 5) is 12.7. The molecule has 54 heavy (non-hydrogen) atoms. The van der Waals surface area contributed by atoms with E-state index in [0.717, 1.165) is 77.9 Å². The van der Waals surface area contributed by atoms with Crippen LogP contribution in [-0.2, 0) is 0 Å². The molecule has 0 unspecified atom stereocenters. The Bertz CT molecular complexity index is 2940. The molecule has 0 aliphatic heterocycles. The monoisotopic (exact) mass is 691 g/mol. The van der Waals surface area contributed by atoms with Gasteiger partial charge in [-0.3, -0.25) is 0 Å². The molecule has 2 aromatic heterocycles. The van der Waals surface area contributed by atoms with Crippen molar-refractivity contribution in [2.75, 3.05) is 4.90 Å². The number of benzene rings is 8. The van der Waals surface area contributed by atoms with Crippen LogP contribution in [-0.4, -0.2) is 9.97 Å². The van der Waals surface area contributed by atoms with E-state index in [1.807, 2.05) is 36.4 Å². The fraction of sp³-hybridized carbons (Fsp3) is 0. The highest BCUT2D eigenvalue weighted by molar-refractivity contribution is 6.13. The predicted molar refractivity (Wildman–Crippen MR) is 223 cm³/mol. The minimum atomic E-state index is 0.662. The van der Waals surface area contributed by atoms with Crippen LogP contribution in [0.4, 0.5) is 17.1 Å². The van der Waals surface area contributed by atoms with Gasteiger partial charge in [-0.15, -0.1) is 0 Å². The van der Waals surface area contributed by atoms with E-state index in [1.54, 1.807) is 0 Å². The summed E-state index contributed by atoms with van der Waals surface area (Å²) in [5, 5.41) is 3.02. The average Bonchev–Trinajstić information content (AvgIpc) is 3.63. The van der Waals surface area contributed by atoms with Crippen molar-refractivity contribution in [3.63, 3.8) is 0 Å². The van der Waals surface area contributed by atoms with Gasteiger partial charge in [-0.25, -0.2) is 9.97 Å². The molecule has 0 saturated heterocycles. The van der Waals surface area contributed by atoms with Crippen molar-refractivity contribution < 1.29 is 4.42 Å². The van der Waals surface area contributed by atoms with Gasteiger partial charge in [0, 0.05) is 50.4 Å². The molecule has 0 atom stereocenters. The second kappa shape index (κ2) is 13.4. The van der Waals surface area contributed by atoms with Gasteiger partial charge in [0.25, 0.3) is 0 Å². The average molecular weight is 692 g/mol. The first kappa shape index (κ1) is 31.4. The summed E-state index contributed by atoms with van der Waals surface area (Å²) in [6, 6.07) is 69.6.